The third-order valence-corrected chi connectivity index (χ3v) is 9.77. The zero-order valence-electron chi connectivity index (χ0n) is 22.6. The summed E-state index contributed by atoms with van der Waals surface area (Å²) in [5.74, 6) is -1.33. The average molecular weight is 592 g/mol. The number of amides is 4. The number of ether oxygens (including phenoxy) is 1. The molecule has 2 aromatic rings. The van der Waals surface area contributed by atoms with Crippen LogP contribution in [0.2, 0.25) is 0 Å². The lowest BCUT2D eigenvalue weighted by Gasteiger charge is -2.30. The molecule has 3 heterocycles. The number of hydrogen-bond acceptors (Lipinski definition) is 8. The number of carbonyl (C=O) groups excluding carboxylic acids is 4. The molecule has 216 valence electrons. The van der Waals surface area contributed by atoms with Gasteiger partial charge in [0.15, 0.2) is 0 Å². The molecule has 0 spiro atoms. The van der Waals surface area contributed by atoms with Crippen molar-refractivity contribution < 1.29 is 32.3 Å². The molecule has 1 aromatic carbocycles. The third-order valence-electron chi connectivity index (χ3n) is 6.76. The van der Waals surface area contributed by atoms with Crippen molar-refractivity contribution in [3.05, 3.63) is 45.8 Å². The van der Waals surface area contributed by atoms with Gasteiger partial charge >= 0.3 is 6.09 Å². The van der Waals surface area contributed by atoms with Crippen molar-refractivity contribution >= 4 is 50.2 Å². The van der Waals surface area contributed by atoms with Crippen molar-refractivity contribution in [1.29, 1.82) is 0 Å². The van der Waals surface area contributed by atoms with Crippen LogP contribution in [0.5, 0.6) is 0 Å². The van der Waals surface area contributed by atoms with E-state index in [0.717, 1.165) is 24.2 Å². The molecule has 12 nitrogen and oxygen atoms in total. The molecule has 3 N–H and O–H groups in total. The molecule has 40 heavy (non-hydrogen) atoms. The normalized spacial score (nSPS) is 17.5. The van der Waals surface area contributed by atoms with Crippen LogP contribution >= 0.6 is 11.3 Å². The number of benzene rings is 1. The highest BCUT2D eigenvalue weighted by atomic mass is 32.2. The van der Waals surface area contributed by atoms with E-state index in [1.807, 2.05) is 6.92 Å². The second-order valence-electron chi connectivity index (χ2n) is 9.80. The molecule has 14 heteroatoms. The van der Waals surface area contributed by atoms with Gasteiger partial charge < -0.3 is 15.0 Å². The van der Waals surface area contributed by atoms with Crippen molar-refractivity contribution in [1.82, 2.24) is 20.1 Å². The fourth-order valence-electron chi connectivity index (χ4n) is 4.78. The van der Waals surface area contributed by atoms with Gasteiger partial charge in [0.2, 0.25) is 15.9 Å². The number of fused-ring (bicyclic) bond motifs is 1. The second-order valence-corrected chi connectivity index (χ2v) is 12.8. The molecule has 0 bridgehead atoms. The van der Waals surface area contributed by atoms with Gasteiger partial charge in [-0.3, -0.25) is 25.2 Å². The van der Waals surface area contributed by atoms with E-state index in [-0.39, 0.29) is 40.1 Å². The van der Waals surface area contributed by atoms with Crippen LogP contribution in [-0.2, 0) is 32.5 Å². The Hall–Kier alpha value is -3.49. The van der Waals surface area contributed by atoms with E-state index in [2.05, 4.69) is 16.2 Å². The summed E-state index contributed by atoms with van der Waals surface area (Å²) < 4.78 is 32.7. The molecule has 0 saturated carbocycles. The standard InChI is InChI=1S/C26H33N5O7S2/c1-4-38-26(35)30-13-11-20-21(15-30)39-25(22(20)24(34)29-28-17(3)32)27-23(33)18-7-9-19(10-8-18)40(36,37)31-12-5-6-16(2)14-31/h7-10,16H,4-6,11-15H2,1-3H3,(H,27,33)(H,28,32)(H,29,34). The van der Waals surface area contributed by atoms with Crippen molar-refractivity contribution in [2.45, 2.75) is 51.5 Å². The number of rotatable bonds is 6. The molecule has 4 rings (SSSR count). The third kappa shape index (κ3) is 6.45. The van der Waals surface area contributed by atoms with Gasteiger partial charge in [-0.1, -0.05) is 6.92 Å². The monoisotopic (exact) mass is 591 g/mol. The Kier molecular flexibility index (Phi) is 9.11. The highest BCUT2D eigenvalue weighted by Crippen LogP contribution is 2.37. The van der Waals surface area contributed by atoms with E-state index in [1.54, 1.807) is 6.92 Å². The smallest absolute Gasteiger partial charge is 0.410 e. The van der Waals surface area contributed by atoms with Crippen LogP contribution in [0.15, 0.2) is 29.2 Å². The fraction of sp³-hybridized carbons (Fsp3) is 0.462. The van der Waals surface area contributed by atoms with Crippen LogP contribution in [0.1, 0.15) is 64.8 Å². The minimum absolute atomic E-state index is 0.110. The first-order valence-electron chi connectivity index (χ1n) is 13.1. The number of nitrogens with one attached hydrogen (secondary N) is 3. The maximum Gasteiger partial charge on any atom is 0.410 e. The zero-order valence-corrected chi connectivity index (χ0v) is 24.2. The van der Waals surface area contributed by atoms with Gasteiger partial charge in [0.1, 0.15) is 5.00 Å². The molecule has 1 aromatic heterocycles. The fourth-order valence-corrected chi connectivity index (χ4v) is 7.63. The summed E-state index contributed by atoms with van der Waals surface area (Å²) in [6.45, 7) is 6.68. The summed E-state index contributed by atoms with van der Waals surface area (Å²) in [7, 11) is -3.67. The SMILES string of the molecule is CCOC(=O)N1CCc2c(sc(NC(=O)c3ccc(S(=O)(=O)N4CCCC(C)C4)cc3)c2C(=O)NNC(C)=O)C1. The van der Waals surface area contributed by atoms with Crippen molar-refractivity contribution in [2.75, 3.05) is 31.6 Å². The van der Waals surface area contributed by atoms with Gasteiger partial charge in [0, 0.05) is 37.0 Å². The highest BCUT2D eigenvalue weighted by molar-refractivity contribution is 7.89. The van der Waals surface area contributed by atoms with E-state index in [9.17, 15) is 27.6 Å². The number of nitrogens with zero attached hydrogens (tertiary/aromatic N) is 2. The number of carbonyl (C=O) groups is 4. The maximum atomic E-state index is 13.2. The number of piperidine rings is 1. The van der Waals surface area contributed by atoms with Crippen LogP contribution < -0.4 is 16.2 Å². The molecule has 4 amide bonds. The molecule has 0 aliphatic carbocycles. The molecular formula is C26H33N5O7S2. The first kappa shape index (κ1) is 29.5. The first-order valence-corrected chi connectivity index (χ1v) is 15.3. The lowest BCUT2D eigenvalue weighted by Crippen LogP contribution is -2.41. The summed E-state index contributed by atoms with van der Waals surface area (Å²) in [6, 6.07) is 5.68. The quantitative estimate of drug-likeness (QED) is 0.437. The average Bonchev–Trinajstić information content (AvgIpc) is 3.28. The Morgan fingerprint density at radius 3 is 2.45 bits per heavy atom. The van der Waals surface area contributed by atoms with Crippen LogP contribution in [0.3, 0.4) is 0 Å². The number of hydrogen-bond donors (Lipinski definition) is 3. The summed E-state index contributed by atoms with van der Waals surface area (Å²) >= 11 is 1.16. The molecule has 1 atom stereocenters. The van der Waals surface area contributed by atoms with E-state index in [4.69, 9.17) is 4.74 Å². The molecule has 1 saturated heterocycles. The van der Waals surface area contributed by atoms with E-state index in [1.165, 1.54) is 40.4 Å². The molecular weight excluding hydrogens is 558 g/mol. The Balaban J connectivity index is 1.56. The highest BCUT2D eigenvalue weighted by Gasteiger charge is 2.32. The van der Waals surface area contributed by atoms with Gasteiger partial charge in [0.05, 0.1) is 23.6 Å². The topological polar surface area (TPSA) is 154 Å². The summed E-state index contributed by atoms with van der Waals surface area (Å²) in [5.41, 5.74) is 5.67. The minimum Gasteiger partial charge on any atom is -0.450 e. The summed E-state index contributed by atoms with van der Waals surface area (Å²) in [6.07, 6.45) is 1.68. The predicted octanol–water partition coefficient (Wildman–Crippen LogP) is 2.72. The molecule has 1 unspecified atom stereocenters. The van der Waals surface area contributed by atoms with Gasteiger partial charge in [0.25, 0.3) is 11.8 Å². The van der Waals surface area contributed by atoms with Gasteiger partial charge in [-0.2, -0.15) is 4.31 Å². The lowest BCUT2D eigenvalue weighted by molar-refractivity contribution is -0.119. The molecule has 2 aliphatic heterocycles. The van der Waals surface area contributed by atoms with Crippen molar-refractivity contribution in [3.63, 3.8) is 0 Å². The molecule has 0 radical (unpaired) electrons. The number of hydrazine groups is 1. The Bertz CT molecular complexity index is 1410. The zero-order chi connectivity index (χ0) is 29.0. The first-order chi connectivity index (χ1) is 19.0. The number of anilines is 1. The summed E-state index contributed by atoms with van der Waals surface area (Å²) in [4.78, 5) is 52.1. The van der Waals surface area contributed by atoms with Crippen LogP contribution in [-0.4, -0.2) is 67.7 Å². The minimum atomic E-state index is -3.67. The Morgan fingerprint density at radius 1 is 1.07 bits per heavy atom. The van der Waals surface area contributed by atoms with Gasteiger partial charge in [-0.15, -0.1) is 11.3 Å². The van der Waals surface area contributed by atoms with E-state index >= 15 is 0 Å². The lowest BCUT2D eigenvalue weighted by atomic mass is 10.0. The molecule has 1 fully saturated rings. The van der Waals surface area contributed by atoms with Gasteiger partial charge in [-0.05, 0) is 61.9 Å². The number of sulfonamides is 1. The van der Waals surface area contributed by atoms with Gasteiger partial charge in [-0.25, -0.2) is 13.2 Å². The predicted molar refractivity (Wildman–Crippen MR) is 148 cm³/mol. The largest absolute Gasteiger partial charge is 0.450 e. The van der Waals surface area contributed by atoms with E-state index < -0.39 is 33.8 Å². The Labute approximate surface area is 237 Å². The summed E-state index contributed by atoms with van der Waals surface area (Å²) in [5, 5.41) is 3.01. The van der Waals surface area contributed by atoms with E-state index in [0.29, 0.717) is 36.5 Å². The molecule has 2 aliphatic rings. The van der Waals surface area contributed by atoms with Crippen molar-refractivity contribution in [3.8, 4) is 0 Å². The Morgan fingerprint density at radius 2 is 1.80 bits per heavy atom. The van der Waals surface area contributed by atoms with Crippen LogP contribution in [0.4, 0.5) is 9.80 Å². The van der Waals surface area contributed by atoms with Crippen molar-refractivity contribution in [2.24, 2.45) is 5.92 Å². The maximum absolute atomic E-state index is 13.2. The number of thiophene rings is 1. The van der Waals surface area contributed by atoms with Crippen LogP contribution in [0, 0.1) is 5.92 Å². The second kappa shape index (κ2) is 12.4. The van der Waals surface area contributed by atoms with Crippen LogP contribution in [0.25, 0.3) is 0 Å².